The van der Waals surface area contributed by atoms with Crippen LogP contribution in [0.5, 0.6) is 0 Å². The molecule has 2 atom stereocenters. The predicted molar refractivity (Wildman–Crippen MR) is 109 cm³/mol. The van der Waals surface area contributed by atoms with Crippen LogP contribution in [-0.2, 0) is 17.8 Å². The number of pyridine rings is 1. The van der Waals surface area contributed by atoms with Crippen LogP contribution in [0.4, 0.5) is 0 Å². The number of benzene rings is 1. The molecule has 3 rings (SSSR count). The van der Waals surface area contributed by atoms with Crippen molar-refractivity contribution in [1.29, 1.82) is 0 Å². The molecule has 3 N–H and O–H groups in total. The van der Waals surface area contributed by atoms with Gasteiger partial charge in [0.15, 0.2) is 0 Å². The number of ether oxygens (including phenoxy) is 1. The van der Waals surface area contributed by atoms with Crippen LogP contribution >= 0.6 is 0 Å². The van der Waals surface area contributed by atoms with Crippen molar-refractivity contribution in [3.63, 3.8) is 0 Å². The Morgan fingerprint density at radius 3 is 2.93 bits per heavy atom. The van der Waals surface area contributed by atoms with Gasteiger partial charge in [0, 0.05) is 25.7 Å². The minimum atomic E-state index is -0.0889. The van der Waals surface area contributed by atoms with Crippen molar-refractivity contribution in [2.45, 2.75) is 39.4 Å². The number of quaternary nitrogens is 1. The first-order chi connectivity index (χ1) is 14.0. The van der Waals surface area contributed by atoms with Crippen molar-refractivity contribution in [3.8, 4) is 0 Å². The summed E-state index contributed by atoms with van der Waals surface area (Å²) in [4.78, 5) is 16.8. The number of aliphatic hydroxyl groups excluding tert-OH is 1. The van der Waals surface area contributed by atoms with Gasteiger partial charge in [-0.05, 0) is 47.9 Å². The second kappa shape index (κ2) is 9.73. The fourth-order valence-electron chi connectivity index (χ4n) is 3.55. The number of aryl methyl sites for hydroxylation is 1. The summed E-state index contributed by atoms with van der Waals surface area (Å²) in [7, 11) is 1.64. The quantitative estimate of drug-likeness (QED) is 0.441. The molecule has 2 aromatic heterocycles. The molecular weight excluding hydrogens is 372 g/mol. The molecule has 0 saturated carbocycles. The van der Waals surface area contributed by atoms with E-state index in [1.165, 1.54) is 0 Å². The van der Waals surface area contributed by atoms with Crippen LogP contribution in [0.15, 0.2) is 29.1 Å². The van der Waals surface area contributed by atoms with Gasteiger partial charge in [-0.2, -0.15) is 0 Å². The maximum Gasteiger partial charge on any atom is 0.257 e. The smallest absolute Gasteiger partial charge is 0.257 e. The lowest BCUT2D eigenvalue weighted by molar-refractivity contribution is -0.944. The van der Waals surface area contributed by atoms with Gasteiger partial charge in [-0.1, -0.05) is 11.6 Å². The molecule has 3 aromatic rings. The lowest BCUT2D eigenvalue weighted by Crippen LogP contribution is -3.11. The number of H-pyrrole nitrogens is 1. The number of rotatable bonds is 10. The van der Waals surface area contributed by atoms with Gasteiger partial charge in [0.2, 0.25) is 5.82 Å². The van der Waals surface area contributed by atoms with Crippen LogP contribution in [0.3, 0.4) is 0 Å². The van der Waals surface area contributed by atoms with Gasteiger partial charge in [0.25, 0.3) is 5.56 Å². The van der Waals surface area contributed by atoms with E-state index in [1.807, 2.05) is 32.0 Å². The molecule has 9 heteroatoms. The van der Waals surface area contributed by atoms with E-state index >= 15 is 0 Å². The molecular formula is C20H29N6O3+. The van der Waals surface area contributed by atoms with Crippen LogP contribution in [0, 0.1) is 6.92 Å². The van der Waals surface area contributed by atoms with Crippen LogP contribution < -0.4 is 10.5 Å². The minimum absolute atomic E-state index is 0.0546. The maximum absolute atomic E-state index is 12.7. The van der Waals surface area contributed by atoms with E-state index in [0.717, 1.165) is 27.2 Å². The standard InChI is InChI=1S/C20H28N6O3/c1-14-5-6-18-16(11-14)12-17(20(28)21-18)13-25(7-4-9-27)15(2)19-22-23-24-26(19)8-10-29-3/h5-6,11-12,15,27H,4,7-10,13H2,1-3H3,(H,21,28)/p+1/t15-/m0/s1. The lowest BCUT2D eigenvalue weighted by atomic mass is 10.1. The summed E-state index contributed by atoms with van der Waals surface area (Å²) in [5, 5.41) is 22.4. The molecule has 0 saturated heterocycles. The second-order valence-electron chi connectivity index (χ2n) is 7.35. The lowest BCUT2D eigenvalue weighted by Gasteiger charge is -2.25. The zero-order valence-corrected chi connectivity index (χ0v) is 17.2. The number of methoxy groups -OCH3 is 1. The molecule has 0 spiro atoms. The number of hydrogen-bond donors (Lipinski definition) is 3. The van der Waals surface area contributed by atoms with Crippen molar-refractivity contribution in [2.75, 3.05) is 26.9 Å². The van der Waals surface area contributed by atoms with Gasteiger partial charge < -0.3 is 19.7 Å². The summed E-state index contributed by atoms with van der Waals surface area (Å²) < 4.78 is 6.87. The fourth-order valence-corrected chi connectivity index (χ4v) is 3.55. The third kappa shape index (κ3) is 5.06. The van der Waals surface area contributed by atoms with E-state index in [-0.39, 0.29) is 18.2 Å². The number of hydrogen-bond acceptors (Lipinski definition) is 6. The van der Waals surface area contributed by atoms with Crippen molar-refractivity contribution >= 4 is 10.9 Å². The van der Waals surface area contributed by atoms with Gasteiger partial charge in [-0.25, -0.2) is 4.68 Å². The van der Waals surface area contributed by atoms with Crippen LogP contribution in [0.25, 0.3) is 10.9 Å². The van der Waals surface area contributed by atoms with E-state index in [9.17, 15) is 9.90 Å². The highest BCUT2D eigenvalue weighted by molar-refractivity contribution is 5.79. The Labute approximate surface area is 169 Å². The highest BCUT2D eigenvalue weighted by Gasteiger charge is 2.26. The molecule has 0 fully saturated rings. The zero-order chi connectivity index (χ0) is 20.8. The summed E-state index contributed by atoms with van der Waals surface area (Å²) in [6.45, 7) is 6.45. The molecule has 0 aliphatic carbocycles. The van der Waals surface area contributed by atoms with Crippen molar-refractivity contribution < 1.29 is 14.7 Å². The highest BCUT2D eigenvalue weighted by Crippen LogP contribution is 2.13. The monoisotopic (exact) mass is 401 g/mol. The molecule has 0 aliphatic heterocycles. The van der Waals surface area contributed by atoms with Crippen molar-refractivity contribution in [3.05, 3.63) is 51.6 Å². The first-order valence-electron chi connectivity index (χ1n) is 9.86. The van der Waals surface area contributed by atoms with E-state index in [0.29, 0.717) is 38.2 Å². The Kier molecular flexibility index (Phi) is 7.08. The summed E-state index contributed by atoms with van der Waals surface area (Å²) in [6.07, 6.45) is 0.629. The minimum Gasteiger partial charge on any atom is -0.396 e. The average molecular weight is 401 g/mol. The number of aliphatic hydroxyl groups is 1. The van der Waals surface area contributed by atoms with E-state index in [2.05, 4.69) is 26.6 Å². The molecule has 2 heterocycles. The van der Waals surface area contributed by atoms with E-state index in [1.54, 1.807) is 11.8 Å². The highest BCUT2D eigenvalue weighted by atomic mass is 16.5. The summed E-state index contributed by atoms with van der Waals surface area (Å²) in [5.74, 6) is 0.739. The second-order valence-corrected chi connectivity index (χ2v) is 7.35. The van der Waals surface area contributed by atoms with Crippen LogP contribution in [0.1, 0.15) is 36.3 Å². The summed E-state index contributed by atoms with van der Waals surface area (Å²) >= 11 is 0. The Bertz CT molecular complexity index is 999. The Morgan fingerprint density at radius 2 is 2.17 bits per heavy atom. The van der Waals surface area contributed by atoms with Gasteiger partial charge >= 0.3 is 0 Å². The van der Waals surface area contributed by atoms with Crippen LogP contribution in [-0.4, -0.2) is 57.2 Å². The van der Waals surface area contributed by atoms with Gasteiger partial charge in [0.1, 0.15) is 12.6 Å². The van der Waals surface area contributed by atoms with Gasteiger partial charge in [0.05, 0.1) is 25.3 Å². The molecule has 0 radical (unpaired) electrons. The third-order valence-corrected chi connectivity index (χ3v) is 5.22. The predicted octanol–water partition coefficient (Wildman–Crippen LogP) is -0.00208. The number of aromatic amines is 1. The maximum atomic E-state index is 12.7. The summed E-state index contributed by atoms with van der Waals surface area (Å²) in [6, 6.07) is 7.88. The van der Waals surface area contributed by atoms with Crippen molar-refractivity contribution in [1.82, 2.24) is 25.2 Å². The topological polar surface area (TPSA) is 110 Å². The SMILES string of the molecule is COCCn1nnnc1[C@H](C)[NH+](CCCO)Cc1cc2cc(C)ccc2[nH]c1=O. The van der Waals surface area contributed by atoms with E-state index in [4.69, 9.17) is 4.74 Å². The molecule has 29 heavy (non-hydrogen) atoms. The molecule has 156 valence electrons. The molecule has 9 nitrogen and oxygen atoms in total. The molecule has 0 aliphatic rings. The van der Waals surface area contributed by atoms with Gasteiger partial charge in [-0.3, -0.25) is 4.79 Å². The molecule has 1 aromatic carbocycles. The van der Waals surface area contributed by atoms with Gasteiger partial charge in [-0.15, -0.1) is 5.10 Å². The molecule has 0 bridgehead atoms. The first-order valence-corrected chi connectivity index (χ1v) is 9.86. The number of nitrogens with zero attached hydrogens (tertiary/aromatic N) is 4. The average Bonchev–Trinajstić information content (AvgIpc) is 3.18. The number of aromatic nitrogens is 5. The zero-order valence-electron chi connectivity index (χ0n) is 17.2. The third-order valence-electron chi connectivity index (χ3n) is 5.22. The normalized spacial score (nSPS) is 13.7. The van der Waals surface area contributed by atoms with Crippen LogP contribution in [0.2, 0.25) is 0 Å². The van der Waals surface area contributed by atoms with Crippen molar-refractivity contribution in [2.24, 2.45) is 0 Å². The Morgan fingerprint density at radius 1 is 1.34 bits per heavy atom. The Hall–Kier alpha value is -2.62. The number of tetrazole rings is 1. The number of nitrogens with one attached hydrogen (secondary N) is 2. The largest absolute Gasteiger partial charge is 0.396 e. The molecule has 0 amide bonds. The Balaban J connectivity index is 1.89. The number of fused-ring (bicyclic) bond motifs is 1. The molecule has 1 unspecified atom stereocenters. The van der Waals surface area contributed by atoms with E-state index < -0.39 is 0 Å². The fraction of sp³-hybridized carbons (Fsp3) is 0.500. The summed E-state index contributed by atoms with van der Waals surface area (Å²) in [5.41, 5.74) is 2.59. The first kappa shape index (κ1) is 21.1.